The zero-order valence-electron chi connectivity index (χ0n) is 9.88. The maximum Gasteiger partial charge on any atom is 0.152 e. The molecule has 7 heteroatoms. The van der Waals surface area contributed by atoms with Crippen LogP contribution in [0.5, 0.6) is 0 Å². The van der Waals surface area contributed by atoms with E-state index in [-0.39, 0.29) is 21.3 Å². The summed E-state index contributed by atoms with van der Waals surface area (Å²) in [5.74, 6) is -3.15. The third-order valence-corrected chi connectivity index (χ3v) is 3.05. The van der Waals surface area contributed by atoms with E-state index in [0.717, 1.165) is 0 Å². The molecule has 2 rings (SSSR count). The minimum absolute atomic E-state index is 0.0268. The maximum atomic E-state index is 13.6. The Hall–Kier alpha value is -1.79. The second-order valence-electron chi connectivity index (χ2n) is 3.90. The van der Waals surface area contributed by atoms with Gasteiger partial charge < -0.3 is 11.1 Å². The lowest BCUT2D eigenvalue weighted by atomic mass is 10.1. The average molecular weight is 317 g/mol. The second-order valence-corrected chi connectivity index (χ2v) is 4.74. The van der Waals surface area contributed by atoms with Gasteiger partial charge in [0.25, 0.3) is 0 Å². The van der Waals surface area contributed by atoms with E-state index >= 15 is 0 Å². The van der Waals surface area contributed by atoms with Gasteiger partial charge in [0, 0.05) is 12.1 Å². The van der Waals surface area contributed by atoms with Crippen LogP contribution in [0.2, 0.25) is 5.02 Å². The molecule has 20 heavy (non-hydrogen) atoms. The SMILES string of the molecule is NC(=S)c1c(Cl)cccc1Nc1c(F)cc(F)cc1F. The average Bonchev–Trinajstić information content (AvgIpc) is 2.33. The molecule has 0 bridgehead atoms. The van der Waals surface area contributed by atoms with Crippen molar-refractivity contribution in [1.82, 2.24) is 0 Å². The predicted octanol–water partition coefficient (Wildman–Crippen LogP) is 4.14. The van der Waals surface area contributed by atoms with Crippen LogP contribution in [0.1, 0.15) is 5.56 Å². The monoisotopic (exact) mass is 316 g/mol. The third-order valence-electron chi connectivity index (χ3n) is 2.53. The summed E-state index contributed by atoms with van der Waals surface area (Å²) >= 11 is 10.8. The van der Waals surface area contributed by atoms with E-state index in [1.54, 1.807) is 12.1 Å². The summed E-state index contributed by atoms with van der Waals surface area (Å²) in [4.78, 5) is -0.0268. The number of hydrogen-bond acceptors (Lipinski definition) is 2. The minimum atomic E-state index is -1.07. The van der Waals surface area contributed by atoms with Crippen molar-refractivity contribution in [3.8, 4) is 0 Å². The fourth-order valence-electron chi connectivity index (χ4n) is 1.68. The molecule has 104 valence electrons. The first kappa shape index (κ1) is 14.6. The summed E-state index contributed by atoms with van der Waals surface area (Å²) in [7, 11) is 0. The summed E-state index contributed by atoms with van der Waals surface area (Å²) in [6.07, 6.45) is 0. The summed E-state index contributed by atoms with van der Waals surface area (Å²) < 4.78 is 40.0. The van der Waals surface area contributed by atoms with Crippen molar-refractivity contribution in [3.05, 3.63) is 58.4 Å². The lowest BCUT2D eigenvalue weighted by Crippen LogP contribution is -2.13. The standard InChI is InChI=1S/C13H8ClF3N2S/c14-7-2-1-3-10(11(7)13(18)20)19-12-8(16)4-6(15)5-9(12)17/h1-5,19H,(H2,18,20). The molecular formula is C13H8ClF3N2S. The molecule has 0 radical (unpaired) electrons. The van der Waals surface area contributed by atoms with Crippen molar-refractivity contribution in [3.63, 3.8) is 0 Å². The van der Waals surface area contributed by atoms with E-state index in [1.165, 1.54) is 6.07 Å². The Kier molecular flexibility index (Phi) is 4.15. The Bertz CT molecular complexity index is 668. The highest BCUT2D eigenvalue weighted by molar-refractivity contribution is 7.80. The van der Waals surface area contributed by atoms with Crippen molar-refractivity contribution in [2.45, 2.75) is 0 Å². The first-order chi connectivity index (χ1) is 9.40. The number of nitrogens with two attached hydrogens (primary N) is 1. The molecule has 2 aromatic carbocycles. The number of hydrogen-bond donors (Lipinski definition) is 2. The van der Waals surface area contributed by atoms with Gasteiger partial charge in [-0.3, -0.25) is 0 Å². The van der Waals surface area contributed by atoms with Gasteiger partial charge in [0.15, 0.2) is 11.6 Å². The van der Waals surface area contributed by atoms with Crippen LogP contribution in [0.25, 0.3) is 0 Å². The quantitative estimate of drug-likeness (QED) is 0.836. The van der Waals surface area contributed by atoms with Crippen molar-refractivity contribution >= 4 is 40.2 Å². The van der Waals surface area contributed by atoms with Crippen LogP contribution in [-0.4, -0.2) is 4.99 Å². The van der Waals surface area contributed by atoms with E-state index in [9.17, 15) is 13.2 Å². The van der Waals surface area contributed by atoms with E-state index in [2.05, 4.69) is 5.32 Å². The molecule has 0 aromatic heterocycles. The molecule has 0 saturated heterocycles. The van der Waals surface area contributed by atoms with Crippen molar-refractivity contribution < 1.29 is 13.2 Å². The van der Waals surface area contributed by atoms with E-state index in [4.69, 9.17) is 29.6 Å². The molecule has 2 nitrogen and oxygen atoms in total. The minimum Gasteiger partial charge on any atom is -0.389 e. The van der Waals surface area contributed by atoms with Crippen LogP contribution in [-0.2, 0) is 0 Å². The van der Waals surface area contributed by atoms with Gasteiger partial charge in [-0.1, -0.05) is 29.9 Å². The molecule has 0 fully saturated rings. The molecule has 3 N–H and O–H groups in total. The van der Waals surface area contributed by atoms with Gasteiger partial charge >= 0.3 is 0 Å². The number of thiocarbonyl (C=S) groups is 1. The Morgan fingerprint density at radius 1 is 1.15 bits per heavy atom. The van der Waals surface area contributed by atoms with Crippen LogP contribution in [0.15, 0.2) is 30.3 Å². The largest absolute Gasteiger partial charge is 0.389 e. The topological polar surface area (TPSA) is 38.0 Å². The van der Waals surface area contributed by atoms with Gasteiger partial charge in [-0.15, -0.1) is 0 Å². The van der Waals surface area contributed by atoms with Crippen molar-refractivity contribution in [2.75, 3.05) is 5.32 Å². The molecule has 0 aliphatic rings. The third kappa shape index (κ3) is 2.86. The van der Waals surface area contributed by atoms with Gasteiger partial charge in [0.2, 0.25) is 0 Å². The fourth-order valence-corrected chi connectivity index (χ4v) is 2.23. The number of rotatable bonds is 3. The van der Waals surface area contributed by atoms with Gasteiger partial charge in [0.1, 0.15) is 16.5 Å². The molecule has 0 unspecified atom stereocenters. The normalized spacial score (nSPS) is 10.4. The first-order valence-electron chi connectivity index (χ1n) is 5.40. The molecule has 0 aliphatic heterocycles. The number of benzene rings is 2. The zero-order chi connectivity index (χ0) is 14.9. The molecule has 0 saturated carbocycles. The lowest BCUT2D eigenvalue weighted by Gasteiger charge is -2.13. The van der Waals surface area contributed by atoms with Crippen molar-refractivity contribution in [1.29, 1.82) is 0 Å². The fraction of sp³-hybridized carbons (Fsp3) is 0. The molecule has 0 heterocycles. The molecule has 0 spiro atoms. The Labute approximate surface area is 123 Å². The predicted molar refractivity (Wildman–Crippen MR) is 76.9 cm³/mol. The van der Waals surface area contributed by atoms with Crippen LogP contribution < -0.4 is 11.1 Å². The molecular weight excluding hydrogens is 309 g/mol. The van der Waals surface area contributed by atoms with Gasteiger partial charge in [-0.05, 0) is 12.1 Å². The Morgan fingerprint density at radius 2 is 1.75 bits per heavy atom. The van der Waals surface area contributed by atoms with Gasteiger partial charge in [-0.2, -0.15) is 0 Å². The van der Waals surface area contributed by atoms with Gasteiger partial charge in [0.05, 0.1) is 16.3 Å². The Morgan fingerprint density at radius 3 is 2.30 bits per heavy atom. The summed E-state index contributed by atoms with van der Waals surface area (Å²) in [5, 5.41) is 2.73. The lowest BCUT2D eigenvalue weighted by molar-refractivity contribution is 0.549. The molecule has 0 atom stereocenters. The highest BCUT2D eigenvalue weighted by Gasteiger charge is 2.15. The van der Waals surface area contributed by atoms with E-state index in [1.807, 2.05) is 0 Å². The molecule has 2 aromatic rings. The highest BCUT2D eigenvalue weighted by Crippen LogP contribution is 2.30. The highest BCUT2D eigenvalue weighted by atomic mass is 35.5. The van der Waals surface area contributed by atoms with Crippen LogP contribution in [0.4, 0.5) is 24.5 Å². The van der Waals surface area contributed by atoms with Crippen LogP contribution in [0.3, 0.4) is 0 Å². The maximum absolute atomic E-state index is 13.6. The summed E-state index contributed by atoms with van der Waals surface area (Å²) in [6.45, 7) is 0. The van der Waals surface area contributed by atoms with Crippen molar-refractivity contribution in [2.24, 2.45) is 5.73 Å². The summed E-state index contributed by atoms with van der Waals surface area (Å²) in [5.41, 5.74) is 5.51. The summed E-state index contributed by atoms with van der Waals surface area (Å²) in [6, 6.07) is 5.74. The smallest absolute Gasteiger partial charge is 0.152 e. The van der Waals surface area contributed by atoms with Crippen LogP contribution >= 0.6 is 23.8 Å². The number of anilines is 2. The Balaban J connectivity index is 2.51. The van der Waals surface area contributed by atoms with Gasteiger partial charge in [-0.25, -0.2) is 13.2 Å². The zero-order valence-corrected chi connectivity index (χ0v) is 11.5. The van der Waals surface area contributed by atoms with E-state index < -0.39 is 23.1 Å². The second kappa shape index (κ2) is 5.68. The van der Waals surface area contributed by atoms with E-state index in [0.29, 0.717) is 12.1 Å². The molecule has 0 aliphatic carbocycles. The molecule has 0 amide bonds. The number of nitrogens with one attached hydrogen (secondary N) is 1. The first-order valence-corrected chi connectivity index (χ1v) is 6.18. The number of halogens is 4. The van der Waals surface area contributed by atoms with Crippen LogP contribution in [0, 0.1) is 17.5 Å².